The minimum Gasteiger partial charge on any atom is -0.258 e. The highest BCUT2D eigenvalue weighted by molar-refractivity contribution is 14.1. The van der Waals surface area contributed by atoms with Crippen molar-refractivity contribution in [3.05, 3.63) is 46.1 Å². The highest BCUT2D eigenvalue weighted by atomic mass is 127. The lowest BCUT2D eigenvalue weighted by Crippen LogP contribution is -1.96. The molecular formula is C10H7IN2O2. The van der Waals surface area contributed by atoms with E-state index in [1.807, 2.05) is 24.3 Å². The van der Waals surface area contributed by atoms with E-state index in [1.165, 1.54) is 6.20 Å². The van der Waals surface area contributed by atoms with Gasteiger partial charge in [0.15, 0.2) is 0 Å². The summed E-state index contributed by atoms with van der Waals surface area (Å²) >= 11 is 2.13. The number of nitro groups is 1. The number of nitrogens with zero attached hydrogens (tertiary/aromatic N) is 2. The Morgan fingerprint density at radius 2 is 2.13 bits per heavy atom. The van der Waals surface area contributed by atoms with Gasteiger partial charge in [-0.2, -0.15) is 0 Å². The van der Waals surface area contributed by atoms with Crippen LogP contribution < -0.4 is 0 Å². The fraction of sp³-hybridized carbons (Fsp3) is 0.100. The molecule has 0 amide bonds. The average Bonchev–Trinajstić information content (AvgIpc) is 2.27. The van der Waals surface area contributed by atoms with Crippen molar-refractivity contribution in [1.82, 2.24) is 4.98 Å². The second kappa shape index (κ2) is 4.09. The molecule has 0 saturated carbocycles. The van der Waals surface area contributed by atoms with Crippen molar-refractivity contribution in [3.8, 4) is 0 Å². The molecule has 0 aliphatic rings. The molecule has 0 spiro atoms. The molecule has 2 rings (SSSR count). The van der Waals surface area contributed by atoms with Crippen molar-refractivity contribution in [2.24, 2.45) is 0 Å². The molecule has 0 fully saturated rings. The first-order chi connectivity index (χ1) is 7.24. The molecule has 0 N–H and O–H groups in total. The molecule has 1 aromatic carbocycles. The summed E-state index contributed by atoms with van der Waals surface area (Å²) in [5.74, 6) is 0. The predicted octanol–water partition coefficient (Wildman–Crippen LogP) is 3.08. The van der Waals surface area contributed by atoms with Crippen LogP contribution in [0.2, 0.25) is 0 Å². The number of hydrogen-bond acceptors (Lipinski definition) is 3. The molecule has 0 saturated heterocycles. The predicted molar refractivity (Wildman–Crippen MR) is 66.1 cm³/mol. The summed E-state index contributed by atoms with van der Waals surface area (Å²) < 4.78 is 0.608. The van der Waals surface area contributed by atoms with Crippen molar-refractivity contribution >= 4 is 39.2 Å². The van der Waals surface area contributed by atoms with Crippen LogP contribution in [0.25, 0.3) is 10.9 Å². The number of halogens is 1. The van der Waals surface area contributed by atoms with Crippen molar-refractivity contribution in [2.75, 3.05) is 0 Å². The Balaban J connectivity index is 2.81. The minimum absolute atomic E-state index is 0.100. The summed E-state index contributed by atoms with van der Waals surface area (Å²) in [6.07, 6.45) is 1.33. The van der Waals surface area contributed by atoms with Gasteiger partial charge in [-0.15, -0.1) is 0 Å². The molecule has 4 nitrogen and oxygen atoms in total. The summed E-state index contributed by atoms with van der Waals surface area (Å²) in [4.78, 5) is 14.5. The zero-order valence-electron chi connectivity index (χ0n) is 7.68. The lowest BCUT2D eigenvalue weighted by Gasteiger charge is -2.03. The van der Waals surface area contributed by atoms with E-state index in [9.17, 15) is 10.1 Å². The van der Waals surface area contributed by atoms with Gasteiger partial charge in [-0.05, 0) is 6.07 Å². The lowest BCUT2D eigenvalue weighted by molar-refractivity contribution is -0.385. The molecular weight excluding hydrogens is 307 g/mol. The maximum Gasteiger partial charge on any atom is 0.292 e. The van der Waals surface area contributed by atoms with Gasteiger partial charge in [-0.3, -0.25) is 10.1 Å². The SMILES string of the molecule is O=[N+]([O-])c1cnc2ccccc2c1CI. The Hall–Kier alpha value is -1.24. The Labute approximate surface area is 99.6 Å². The fourth-order valence-corrected chi connectivity index (χ4v) is 2.29. The van der Waals surface area contributed by atoms with Crippen LogP contribution in [0.1, 0.15) is 5.56 Å². The van der Waals surface area contributed by atoms with Gasteiger partial charge in [0.25, 0.3) is 5.69 Å². The van der Waals surface area contributed by atoms with Crippen LogP contribution in [0, 0.1) is 10.1 Å². The molecule has 0 atom stereocenters. The molecule has 0 aliphatic heterocycles. The number of aromatic nitrogens is 1. The van der Waals surface area contributed by atoms with Crippen molar-refractivity contribution < 1.29 is 4.92 Å². The fourth-order valence-electron chi connectivity index (χ4n) is 1.49. The van der Waals surface area contributed by atoms with E-state index in [4.69, 9.17) is 0 Å². The van der Waals surface area contributed by atoms with E-state index in [0.717, 1.165) is 16.5 Å². The van der Waals surface area contributed by atoms with Crippen LogP contribution in [0.15, 0.2) is 30.5 Å². The van der Waals surface area contributed by atoms with Crippen LogP contribution in [-0.4, -0.2) is 9.91 Å². The molecule has 0 aliphatic carbocycles. The van der Waals surface area contributed by atoms with Gasteiger partial charge in [0.05, 0.1) is 16.0 Å². The third-order valence-corrected chi connectivity index (χ3v) is 2.96. The molecule has 76 valence electrons. The first kappa shape index (κ1) is 10.3. The first-order valence-corrected chi connectivity index (χ1v) is 5.83. The quantitative estimate of drug-likeness (QED) is 0.370. The zero-order chi connectivity index (χ0) is 10.8. The summed E-state index contributed by atoms with van der Waals surface area (Å²) in [5.41, 5.74) is 1.64. The second-order valence-electron chi connectivity index (χ2n) is 3.03. The summed E-state index contributed by atoms with van der Waals surface area (Å²) in [5, 5.41) is 11.6. The molecule has 1 aromatic heterocycles. The molecule has 0 bridgehead atoms. The van der Waals surface area contributed by atoms with E-state index in [1.54, 1.807) is 0 Å². The van der Waals surface area contributed by atoms with Gasteiger partial charge >= 0.3 is 0 Å². The topological polar surface area (TPSA) is 56.0 Å². The van der Waals surface area contributed by atoms with Crippen LogP contribution in [-0.2, 0) is 4.43 Å². The number of para-hydroxylation sites is 1. The summed E-state index contributed by atoms with van der Waals surface area (Å²) in [6, 6.07) is 7.46. The van der Waals surface area contributed by atoms with Crippen molar-refractivity contribution in [1.29, 1.82) is 0 Å². The van der Waals surface area contributed by atoms with Gasteiger partial charge in [-0.25, -0.2) is 4.98 Å². The zero-order valence-corrected chi connectivity index (χ0v) is 9.84. The molecule has 0 radical (unpaired) electrons. The van der Waals surface area contributed by atoms with Gasteiger partial charge in [0, 0.05) is 9.81 Å². The highest BCUT2D eigenvalue weighted by Gasteiger charge is 2.16. The molecule has 2 aromatic rings. The largest absolute Gasteiger partial charge is 0.292 e. The maximum atomic E-state index is 10.8. The standard InChI is InChI=1S/C10H7IN2O2/c11-5-8-7-3-1-2-4-9(7)12-6-10(8)13(14)15/h1-4,6H,5H2. The number of alkyl halides is 1. The van der Waals surface area contributed by atoms with E-state index >= 15 is 0 Å². The molecule has 0 unspecified atom stereocenters. The van der Waals surface area contributed by atoms with Gasteiger partial charge in [0.1, 0.15) is 6.20 Å². The summed E-state index contributed by atoms with van der Waals surface area (Å²) in [6.45, 7) is 0. The number of fused-ring (bicyclic) bond motifs is 1. The Morgan fingerprint density at radius 1 is 1.40 bits per heavy atom. The van der Waals surface area contributed by atoms with Gasteiger partial charge < -0.3 is 0 Å². The number of rotatable bonds is 2. The van der Waals surface area contributed by atoms with Crippen molar-refractivity contribution in [3.63, 3.8) is 0 Å². The van der Waals surface area contributed by atoms with Crippen molar-refractivity contribution in [2.45, 2.75) is 4.43 Å². The Morgan fingerprint density at radius 3 is 2.80 bits per heavy atom. The summed E-state index contributed by atoms with van der Waals surface area (Å²) in [7, 11) is 0. The average molecular weight is 314 g/mol. The van der Waals surface area contributed by atoms with E-state index in [0.29, 0.717) is 4.43 Å². The molecule has 5 heteroatoms. The van der Waals surface area contributed by atoms with Crippen LogP contribution >= 0.6 is 22.6 Å². The normalized spacial score (nSPS) is 10.5. The van der Waals surface area contributed by atoms with Crippen LogP contribution in [0.5, 0.6) is 0 Å². The third kappa shape index (κ3) is 1.79. The second-order valence-corrected chi connectivity index (χ2v) is 3.79. The number of pyridine rings is 1. The first-order valence-electron chi connectivity index (χ1n) is 4.31. The number of benzene rings is 1. The van der Waals surface area contributed by atoms with E-state index in [2.05, 4.69) is 27.6 Å². The highest BCUT2D eigenvalue weighted by Crippen LogP contribution is 2.27. The Bertz CT molecular complexity index is 528. The number of hydrogen-bond donors (Lipinski definition) is 0. The van der Waals surface area contributed by atoms with E-state index in [-0.39, 0.29) is 10.6 Å². The van der Waals surface area contributed by atoms with Gasteiger partial charge in [-0.1, -0.05) is 40.8 Å². The smallest absolute Gasteiger partial charge is 0.258 e. The van der Waals surface area contributed by atoms with Gasteiger partial charge in [0.2, 0.25) is 0 Å². The van der Waals surface area contributed by atoms with E-state index < -0.39 is 0 Å². The maximum absolute atomic E-state index is 10.8. The monoisotopic (exact) mass is 314 g/mol. The molecule has 15 heavy (non-hydrogen) atoms. The minimum atomic E-state index is -0.382. The van der Waals surface area contributed by atoms with Crippen LogP contribution in [0.4, 0.5) is 5.69 Å². The third-order valence-electron chi connectivity index (χ3n) is 2.19. The molecule has 1 heterocycles. The lowest BCUT2D eigenvalue weighted by atomic mass is 10.1. The van der Waals surface area contributed by atoms with Crippen LogP contribution in [0.3, 0.4) is 0 Å². The Kier molecular flexibility index (Phi) is 2.81.